The minimum Gasteiger partial charge on any atom is -0.496 e. The average Bonchev–Trinajstić information content (AvgIpc) is 2.46. The van der Waals surface area contributed by atoms with Gasteiger partial charge in [-0.05, 0) is 24.3 Å². The van der Waals surface area contributed by atoms with Crippen molar-refractivity contribution in [3.05, 3.63) is 56.3 Å². The first-order chi connectivity index (χ1) is 10.0. The summed E-state index contributed by atoms with van der Waals surface area (Å²) in [6, 6.07) is 7.54. The number of benzene rings is 1. The number of halogens is 2. The number of ether oxygens (including phenoxy) is 2. The van der Waals surface area contributed by atoms with Gasteiger partial charge in [0.2, 0.25) is 0 Å². The Labute approximate surface area is 130 Å². The number of nitro groups is 1. The Balaban J connectivity index is 2.21. The Hall–Kier alpha value is -2.05. The Bertz CT molecular complexity index is 679. The summed E-state index contributed by atoms with van der Waals surface area (Å²) in [6.07, 6.45) is 0. The van der Waals surface area contributed by atoms with Crippen LogP contribution in [0.1, 0.15) is 5.56 Å². The zero-order valence-electron chi connectivity index (χ0n) is 10.9. The van der Waals surface area contributed by atoms with E-state index < -0.39 is 4.92 Å². The molecule has 6 nitrogen and oxygen atoms in total. The van der Waals surface area contributed by atoms with Crippen LogP contribution in [0, 0.1) is 10.1 Å². The van der Waals surface area contributed by atoms with Crippen molar-refractivity contribution in [1.82, 2.24) is 4.98 Å². The van der Waals surface area contributed by atoms with Crippen molar-refractivity contribution in [2.75, 3.05) is 7.11 Å². The van der Waals surface area contributed by atoms with Gasteiger partial charge in [0.1, 0.15) is 22.7 Å². The first-order valence-corrected chi connectivity index (χ1v) is 6.53. The van der Waals surface area contributed by atoms with E-state index in [1.54, 1.807) is 18.2 Å². The lowest BCUT2D eigenvalue weighted by Crippen LogP contribution is -2.01. The van der Waals surface area contributed by atoms with E-state index in [4.69, 9.17) is 32.7 Å². The molecule has 1 heterocycles. The Morgan fingerprint density at radius 3 is 2.67 bits per heavy atom. The van der Waals surface area contributed by atoms with Gasteiger partial charge in [0, 0.05) is 5.56 Å². The van der Waals surface area contributed by atoms with E-state index in [2.05, 4.69) is 4.98 Å². The smallest absolute Gasteiger partial charge is 0.314 e. The van der Waals surface area contributed by atoms with Crippen LogP contribution < -0.4 is 9.47 Å². The molecule has 1 aromatic heterocycles. The predicted molar refractivity (Wildman–Crippen MR) is 78.2 cm³/mol. The summed E-state index contributed by atoms with van der Waals surface area (Å²) >= 11 is 11.6. The monoisotopic (exact) mass is 328 g/mol. The molecule has 1 aromatic carbocycles. The summed E-state index contributed by atoms with van der Waals surface area (Å²) in [6.45, 7) is 0.0379. The van der Waals surface area contributed by atoms with E-state index in [0.717, 1.165) is 0 Å². The van der Waals surface area contributed by atoms with Gasteiger partial charge in [-0.15, -0.1) is 0 Å². The molecule has 0 aliphatic rings. The van der Waals surface area contributed by atoms with Crippen LogP contribution in [0.4, 0.5) is 5.69 Å². The fourth-order valence-electron chi connectivity index (χ4n) is 1.59. The minimum atomic E-state index is -0.542. The molecule has 8 heteroatoms. The lowest BCUT2D eigenvalue weighted by atomic mass is 10.2. The third-order valence-corrected chi connectivity index (χ3v) is 3.18. The molecule has 0 fully saturated rings. The molecule has 21 heavy (non-hydrogen) atoms. The maximum absolute atomic E-state index is 11.0. The van der Waals surface area contributed by atoms with Crippen LogP contribution in [-0.2, 0) is 6.61 Å². The van der Waals surface area contributed by atoms with Gasteiger partial charge in [0.05, 0.1) is 18.1 Å². The maximum atomic E-state index is 11.0. The molecular formula is C13H10Cl2N2O4. The standard InChI is InChI=1S/C13H10Cl2N2O4/c1-20-9-3-4-11(10(6-9)17(18)19)21-7-8-2-5-12(14)16-13(8)15/h2-6H,7H2,1H3. The van der Waals surface area contributed by atoms with Crippen LogP contribution in [-0.4, -0.2) is 17.0 Å². The highest BCUT2D eigenvalue weighted by Crippen LogP contribution is 2.32. The predicted octanol–water partition coefficient (Wildman–Crippen LogP) is 3.88. The molecule has 0 spiro atoms. The molecule has 0 N–H and O–H groups in total. The molecule has 0 saturated carbocycles. The molecule has 0 bridgehead atoms. The Morgan fingerprint density at radius 2 is 2.05 bits per heavy atom. The van der Waals surface area contributed by atoms with Gasteiger partial charge in [0.15, 0.2) is 5.75 Å². The van der Waals surface area contributed by atoms with Gasteiger partial charge < -0.3 is 9.47 Å². The zero-order valence-corrected chi connectivity index (χ0v) is 12.4. The molecule has 0 saturated heterocycles. The van der Waals surface area contributed by atoms with Crippen molar-refractivity contribution in [2.24, 2.45) is 0 Å². The van der Waals surface area contributed by atoms with E-state index >= 15 is 0 Å². The highest BCUT2D eigenvalue weighted by molar-refractivity contribution is 6.32. The van der Waals surface area contributed by atoms with Gasteiger partial charge in [-0.3, -0.25) is 10.1 Å². The normalized spacial score (nSPS) is 10.2. The molecular weight excluding hydrogens is 319 g/mol. The molecule has 2 aromatic rings. The minimum absolute atomic E-state index is 0.0379. The summed E-state index contributed by atoms with van der Waals surface area (Å²) in [5, 5.41) is 11.5. The third kappa shape index (κ3) is 3.74. The van der Waals surface area contributed by atoms with Crippen LogP contribution in [0.25, 0.3) is 0 Å². The van der Waals surface area contributed by atoms with Gasteiger partial charge >= 0.3 is 5.69 Å². The van der Waals surface area contributed by atoms with Crippen molar-refractivity contribution in [1.29, 1.82) is 0 Å². The van der Waals surface area contributed by atoms with Crippen molar-refractivity contribution in [3.63, 3.8) is 0 Å². The molecule has 0 atom stereocenters. The largest absolute Gasteiger partial charge is 0.496 e. The second-order valence-corrected chi connectivity index (χ2v) is 4.71. The summed E-state index contributed by atoms with van der Waals surface area (Å²) in [7, 11) is 1.43. The molecule has 110 valence electrons. The molecule has 0 aliphatic carbocycles. The number of nitro benzene ring substituents is 1. The highest BCUT2D eigenvalue weighted by atomic mass is 35.5. The summed E-state index contributed by atoms with van der Waals surface area (Å²) in [4.78, 5) is 14.4. The third-order valence-electron chi connectivity index (χ3n) is 2.64. The second-order valence-electron chi connectivity index (χ2n) is 3.96. The number of rotatable bonds is 5. The number of pyridine rings is 1. The molecule has 0 radical (unpaired) electrons. The van der Waals surface area contributed by atoms with Crippen LogP contribution in [0.3, 0.4) is 0 Å². The number of aromatic nitrogens is 1. The van der Waals surface area contributed by atoms with E-state index in [1.165, 1.54) is 19.2 Å². The number of nitrogens with zero attached hydrogens (tertiary/aromatic N) is 2. The molecule has 2 rings (SSSR count). The Morgan fingerprint density at radius 1 is 1.29 bits per heavy atom. The van der Waals surface area contributed by atoms with Gasteiger partial charge in [-0.1, -0.05) is 23.2 Å². The van der Waals surface area contributed by atoms with Crippen molar-refractivity contribution in [3.8, 4) is 11.5 Å². The maximum Gasteiger partial charge on any atom is 0.314 e. The summed E-state index contributed by atoms with van der Waals surface area (Å²) in [5.41, 5.74) is 0.388. The highest BCUT2D eigenvalue weighted by Gasteiger charge is 2.17. The molecule has 0 aliphatic heterocycles. The van der Waals surface area contributed by atoms with Crippen LogP contribution in [0.2, 0.25) is 10.3 Å². The fourth-order valence-corrected chi connectivity index (χ4v) is 1.99. The lowest BCUT2D eigenvalue weighted by molar-refractivity contribution is -0.386. The first kappa shape index (κ1) is 15.3. The van der Waals surface area contributed by atoms with Gasteiger partial charge in [-0.2, -0.15) is 0 Å². The van der Waals surface area contributed by atoms with E-state index in [-0.39, 0.29) is 28.3 Å². The molecule has 0 amide bonds. The fraction of sp³-hybridized carbons (Fsp3) is 0.154. The Kier molecular flexibility index (Phi) is 4.82. The first-order valence-electron chi connectivity index (χ1n) is 5.77. The summed E-state index contributed by atoms with van der Waals surface area (Å²) in [5.74, 6) is 0.493. The quantitative estimate of drug-likeness (QED) is 0.473. The number of hydrogen-bond acceptors (Lipinski definition) is 5. The van der Waals surface area contributed by atoms with Crippen molar-refractivity contribution in [2.45, 2.75) is 6.61 Å². The second kappa shape index (κ2) is 6.60. The van der Waals surface area contributed by atoms with Gasteiger partial charge in [0.25, 0.3) is 0 Å². The number of hydrogen-bond donors (Lipinski definition) is 0. The van der Waals surface area contributed by atoms with E-state index in [0.29, 0.717) is 11.3 Å². The van der Waals surface area contributed by atoms with Crippen LogP contribution >= 0.6 is 23.2 Å². The van der Waals surface area contributed by atoms with Gasteiger partial charge in [-0.25, -0.2) is 4.98 Å². The zero-order chi connectivity index (χ0) is 15.4. The lowest BCUT2D eigenvalue weighted by Gasteiger charge is -2.09. The topological polar surface area (TPSA) is 74.5 Å². The van der Waals surface area contributed by atoms with E-state index in [9.17, 15) is 10.1 Å². The number of methoxy groups -OCH3 is 1. The van der Waals surface area contributed by atoms with Crippen molar-refractivity contribution < 1.29 is 14.4 Å². The average molecular weight is 329 g/mol. The van der Waals surface area contributed by atoms with Crippen LogP contribution in [0.15, 0.2) is 30.3 Å². The van der Waals surface area contributed by atoms with Crippen LogP contribution in [0.5, 0.6) is 11.5 Å². The summed E-state index contributed by atoms with van der Waals surface area (Å²) < 4.78 is 10.4. The van der Waals surface area contributed by atoms with Crippen molar-refractivity contribution >= 4 is 28.9 Å². The molecule has 0 unspecified atom stereocenters. The SMILES string of the molecule is COc1ccc(OCc2ccc(Cl)nc2Cl)c([N+](=O)[O-])c1. The van der Waals surface area contributed by atoms with E-state index in [1.807, 2.05) is 0 Å².